The molecule has 0 saturated heterocycles. The molecule has 4 heteroatoms. The van der Waals surface area contributed by atoms with E-state index in [0.29, 0.717) is 0 Å². The van der Waals surface area contributed by atoms with Gasteiger partial charge in [0.1, 0.15) is 0 Å². The maximum atomic E-state index is 5.60. The molecule has 0 N–H and O–H groups in total. The third-order valence-electron chi connectivity index (χ3n) is 1.41. The Hall–Kier alpha value is 1.09. The molecule has 0 fully saturated rings. The Morgan fingerprint density at radius 3 is 2.10 bits per heavy atom. The van der Waals surface area contributed by atoms with Crippen molar-refractivity contribution >= 4 is 51.8 Å². The first-order valence-corrected chi connectivity index (χ1v) is 4.00. The topological polar surface area (TPSA) is 0 Å². The van der Waals surface area contributed by atoms with E-state index >= 15 is 0 Å². The van der Waals surface area contributed by atoms with E-state index in [1.807, 2.05) is 6.08 Å². The Morgan fingerprint density at radius 1 is 1.30 bits per heavy atom. The summed E-state index contributed by atoms with van der Waals surface area (Å²) >= 11 is 16.8. The normalized spacial score (nSPS) is 18.1. The summed E-state index contributed by atoms with van der Waals surface area (Å²) in [5.74, 6) is 0. The van der Waals surface area contributed by atoms with Gasteiger partial charge in [-0.05, 0) is 24.8 Å². The monoisotopic (exact) mass is 264 g/mol. The second-order valence-electron chi connectivity index (χ2n) is 2.12. The van der Waals surface area contributed by atoms with Crippen LogP contribution in [0.4, 0.5) is 0 Å². The molecule has 0 nitrogen and oxygen atoms in total. The quantitative estimate of drug-likeness (QED) is 0.458. The summed E-state index contributed by atoms with van der Waals surface area (Å²) in [6.45, 7) is 0. The molecule has 0 aromatic carbocycles. The van der Waals surface area contributed by atoms with Gasteiger partial charge in [0.25, 0.3) is 0 Å². The predicted octanol–water partition coefficient (Wildman–Crippen LogP) is 4.04. The number of hydrogen-bond donors (Lipinski definition) is 0. The van der Waals surface area contributed by atoms with Gasteiger partial charge in [0.2, 0.25) is 3.79 Å². The fraction of sp³-hybridized carbons (Fsp3) is 0.667. The Bertz CT molecular complexity index is 136. The summed E-state index contributed by atoms with van der Waals surface area (Å²) in [6.07, 6.45) is 5.13. The van der Waals surface area contributed by atoms with Crippen molar-refractivity contribution < 1.29 is 0 Å². The molecule has 0 radical (unpaired) electrons. The van der Waals surface area contributed by atoms with Crippen LogP contribution in [0.3, 0.4) is 0 Å². The first-order chi connectivity index (χ1) is 4.11. The van der Waals surface area contributed by atoms with Crippen LogP contribution in [0.2, 0.25) is 0 Å². The van der Waals surface area contributed by atoms with E-state index < -0.39 is 3.79 Å². The molecule has 0 spiro atoms. The van der Waals surface area contributed by atoms with Crippen molar-refractivity contribution in [1.82, 2.24) is 0 Å². The summed E-state index contributed by atoms with van der Waals surface area (Å²) in [5, 5.41) is 0. The predicted molar refractivity (Wildman–Crippen MR) is 52.5 cm³/mol. The van der Waals surface area contributed by atoms with E-state index in [0.717, 1.165) is 24.8 Å². The lowest BCUT2D eigenvalue weighted by molar-refractivity contribution is 0.895. The minimum atomic E-state index is -1.14. The Kier molecular flexibility index (Phi) is 4.66. The SMILES string of the molecule is Br.ClC(Cl)(Cl)C1=CCCC1. The van der Waals surface area contributed by atoms with Crippen molar-refractivity contribution in [1.29, 1.82) is 0 Å². The van der Waals surface area contributed by atoms with Crippen molar-refractivity contribution in [3.63, 3.8) is 0 Å². The maximum absolute atomic E-state index is 5.60. The van der Waals surface area contributed by atoms with Crippen molar-refractivity contribution in [2.24, 2.45) is 0 Å². The van der Waals surface area contributed by atoms with Crippen LogP contribution in [-0.4, -0.2) is 3.79 Å². The fourth-order valence-corrected chi connectivity index (χ4v) is 1.44. The number of rotatable bonds is 0. The summed E-state index contributed by atoms with van der Waals surface area (Å²) < 4.78 is -1.14. The van der Waals surface area contributed by atoms with Gasteiger partial charge in [0.15, 0.2) is 0 Å². The standard InChI is InChI=1S/C6H7Cl3.BrH/c7-6(8,9)5-3-1-2-4-5;/h3H,1-2,4H2;1H. The third kappa shape index (κ3) is 3.00. The molecule has 0 atom stereocenters. The van der Waals surface area contributed by atoms with Crippen molar-refractivity contribution in [3.8, 4) is 0 Å². The zero-order valence-corrected chi connectivity index (χ0v) is 9.22. The van der Waals surface area contributed by atoms with Gasteiger partial charge in [-0.15, -0.1) is 17.0 Å². The zero-order chi connectivity index (χ0) is 6.91. The molecule has 10 heavy (non-hydrogen) atoms. The molecule has 0 aromatic heterocycles. The first kappa shape index (κ1) is 11.1. The molecule has 0 aromatic rings. The highest BCUT2D eigenvalue weighted by atomic mass is 79.9. The molecule has 0 heterocycles. The summed E-state index contributed by atoms with van der Waals surface area (Å²) in [7, 11) is 0. The van der Waals surface area contributed by atoms with Gasteiger partial charge in [-0.1, -0.05) is 40.9 Å². The lowest BCUT2D eigenvalue weighted by atomic mass is 10.3. The molecule has 60 valence electrons. The van der Waals surface area contributed by atoms with Crippen molar-refractivity contribution in [2.45, 2.75) is 23.1 Å². The average molecular weight is 266 g/mol. The van der Waals surface area contributed by atoms with Crippen LogP contribution in [0.25, 0.3) is 0 Å². The number of hydrogen-bond acceptors (Lipinski definition) is 0. The molecule has 1 aliphatic carbocycles. The van der Waals surface area contributed by atoms with Gasteiger partial charge in [-0.3, -0.25) is 0 Å². The molecular formula is C6H8BrCl3. The van der Waals surface area contributed by atoms with E-state index in [4.69, 9.17) is 34.8 Å². The van der Waals surface area contributed by atoms with Crippen LogP contribution < -0.4 is 0 Å². The first-order valence-electron chi connectivity index (χ1n) is 2.87. The van der Waals surface area contributed by atoms with E-state index in [-0.39, 0.29) is 17.0 Å². The van der Waals surface area contributed by atoms with E-state index in [9.17, 15) is 0 Å². The second kappa shape index (κ2) is 4.20. The lowest BCUT2D eigenvalue weighted by Gasteiger charge is -2.10. The molecule has 0 unspecified atom stereocenters. The lowest BCUT2D eigenvalue weighted by Crippen LogP contribution is -2.03. The number of halogens is 4. The van der Waals surface area contributed by atoms with E-state index in [2.05, 4.69) is 0 Å². The Labute approximate surface area is 86.3 Å². The number of allylic oxidation sites excluding steroid dienone is 2. The summed E-state index contributed by atoms with van der Waals surface area (Å²) in [5.41, 5.74) is 0.951. The van der Waals surface area contributed by atoms with Gasteiger partial charge in [-0.2, -0.15) is 0 Å². The largest absolute Gasteiger partial charge is 0.212 e. The third-order valence-corrected chi connectivity index (χ3v) is 2.13. The van der Waals surface area contributed by atoms with Gasteiger partial charge in [0, 0.05) is 0 Å². The maximum Gasteiger partial charge on any atom is 0.212 e. The van der Waals surface area contributed by atoms with E-state index in [1.54, 1.807) is 0 Å². The fourth-order valence-electron chi connectivity index (χ4n) is 0.928. The van der Waals surface area contributed by atoms with Crippen molar-refractivity contribution in [2.75, 3.05) is 0 Å². The molecule has 1 rings (SSSR count). The Balaban J connectivity index is 0.000000810. The van der Waals surface area contributed by atoms with Crippen LogP contribution in [0.5, 0.6) is 0 Å². The van der Waals surface area contributed by atoms with Crippen LogP contribution in [-0.2, 0) is 0 Å². The molecular weight excluding hydrogens is 258 g/mol. The van der Waals surface area contributed by atoms with Gasteiger partial charge in [0.05, 0.1) is 0 Å². The highest BCUT2D eigenvalue weighted by molar-refractivity contribution is 8.93. The molecule has 1 aliphatic rings. The van der Waals surface area contributed by atoms with Crippen LogP contribution in [0.1, 0.15) is 19.3 Å². The molecule has 0 aliphatic heterocycles. The van der Waals surface area contributed by atoms with Gasteiger partial charge < -0.3 is 0 Å². The second-order valence-corrected chi connectivity index (χ2v) is 4.40. The van der Waals surface area contributed by atoms with Crippen LogP contribution in [0, 0.1) is 0 Å². The molecule has 0 amide bonds. The van der Waals surface area contributed by atoms with Crippen LogP contribution in [0.15, 0.2) is 11.6 Å². The summed E-state index contributed by atoms with van der Waals surface area (Å²) in [4.78, 5) is 0. The smallest absolute Gasteiger partial charge is 0.114 e. The zero-order valence-electron chi connectivity index (χ0n) is 5.24. The highest BCUT2D eigenvalue weighted by Crippen LogP contribution is 2.40. The van der Waals surface area contributed by atoms with Gasteiger partial charge in [-0.25, -0.2) is 0 Å². The average Bonchev–Trinajstić information content (AvgIpc) is 2.08. The minimum absolute atomic E-state index is 0. The van der Waals surface area contributed by atoms with Crippen LogP contribution >= 0.6 is 51.8 Å². The Morgan fingerprint density at radius 2 is 1.90 bits per heavy atom. The summed E-state index contributed by atoms with van der Waals surface area (Å²) in [6, 6.07) is 0. The van der Waals surface area contributed by atoms with E-state index in [1.165, 1.54) is 0 Å². The minimum Gasteiger partial charge on any atom is -0.114 e. The molecule has 0 bridgehead atoms. The van der Waals surface area contributed by atoms with Gasteiger partial charge >= 0.3 is 0 Å². The van der Waals surface area contributed by atoms with Crippen molar-refractivity contribution in [3.05, 3.63) is 11.6 Å². The number of alkyl halides is 3. The molecule has 0 saturated carbocycles. The highest BCUT2D eigenvalue weighted by Gasteiger charge is 2.26.